The molecule has 0 unspecified atom stereocenters. The molecule has 1 N–H and O–H groups in total. The molecule has 148 valence electrons. The largest absolute Gasteiger partial charge is 0.467 e. The first-order valence-corrected chi connectivity index (χ1v) is 9.31. The maximum atomic E-state index is 13.1. The van der Waals surface area contributed by atoms with Crippen molar-refractivity contribution in [2.24, 2.45) is 0 Å². The summed E-state index contributed by atoms with van der Waals surface area (Å²) in [6.07, 6.45) is 2.27. The minimum Gasteiger partial charge on any atom is -0.467 e. The minimum absolute atomic E-state index is 0.0151. The molecule has 1 aromatic carbocycles. The smallest absolute Gasteiger partial charge is 0.278 e. The molecule has 3 aromatic rings. The third-order valence-corrected chi connectivity index (χ3v) is 4.85. The first kappa shape index (κ1) is 18.7. The van der Waals surface area contributed by atoms with Crippen molar-refractivity contribution < 1.29 is 14.0 Å². The predicted molar refractivity (Wildman–Crippen MR) is 105 cm³/mol. The van der Waals surface area contributed by atoms with E-state index in [-0.39, 0.29) is 30.7 Å². The zero-order valence-corrected chi connectivity index (χ0v) is 15.9. The highest BCUT2D eigenvalue weighted by Crippen LogP contribution is 2.32. The quantitative estimate of drug-likeness (QED) is 0.713. The molecule has 0 saturated heterocycles. The third kappa shape index (κ3) is 3.82. The van der Waals surface area contributed by atoms with Gasteiger partial charge in [-0.1, -0.05) is 18.2 Å². The van der Waals surface area contributed by atoms with E-state index in [1.54, 1.807) is 17.0 Å². The topological polar surface area (TPSA) is 97.4 Å². The number of furan rings is 1. The van der Waals surface area contributed by atoms with Gasteiger partial charge in [-0.25, -0.2) is 4.68 Å². The van der Waals surface area contributed by atoms with E-state index in [0.717, 1.165) is 22.4 Å². The molecule has 1 aliphatic rings. The molecule has 2 amide bonds. The van der Waals surface area contributed by atoms with Gasteiger partial charge in [0.15, 0.2) is 0 Å². The number of fused-ring (bicyclic) bond motifs is 1. The molecule has 0 aliphatic carbocycles. The summed E-state index contributed by atoms with van der Waals surface area (Å²) in [6, 6.07) is 13.8. The number of nitrogens with one attached hydrogen (secondary N) is 1. The Hall–Kier alpha value is -3.68. The van der Waals surface area contributed by atoms with Crippen molar-refractivity contribution >= 4 is 17.5 Å². The predicted octanol–water partition coefficient (Wildman–Crippen LogP) is 1.74. The minimum atomic E-state index is -0.454. The highest BCUT2D eigenvalue weighted by molar-refractivity contribution is 6.06. The maximum Gasteiger partial charge on any atom is 0.278 e. The Morgan fingerprint density at radius 2 is 2.00 bits per heavy atom. The number of amides is 2. The van der Waals surface area contributed by atoms with Crippen LogP contribution in [-0.2, 0) is 24.3 Å². The van der Waals surface area contributed by atoms with Gasteiger partial charge in [0.25, 0.3) is 11.5 Å². The number of anilines is 1. The van der Waals surface area contributed by atoms with Crippen LogP contribution in [0.5, 0.6) is 0 Å². The first-order chi connectivity index (χ1) is 14.0. The van der Waals surface area contributed by atoms with Crippen LogP contribution >= 0.6 is 0 Å². The van der Waals surface area contributed by atoms with E-state index < -0.39 is 11.5 Å². The van der Waals surface area contributed by atoms with Crippen molar-refractivity contribution in [2.75, 3.05) is 4.90 Å². The Morgan fingerprint density at radius 1 is 1.17 bits per heavy atom. The summed E-state index contributed by atoms with van der Waals surface area (Å²) >= 11 is 0. The monoisotopic (exact) mass is 392 g/mol. The first-order valence-electron chi connectivity index (χ1n) is 9.31. The average Bonchev–Trinajstić information content (AvgIpc) is 3.34. The lowest BCUT2D eigenvalue weighted by Crippen LogP contribution is -2.38. The second-order valence-electron chi connectivity index (χ2n) is 6.93. The van der Waals surface area contributed by atoms with E-state index >= 15 is 0 Å². The summed E-state index contributed by atoms with van der Waals surface area (Å²) in [5, 5.41) is 6.79. The molecule has 0 bridgehead atoms. The number of hydrogen-bond donors (Lipinski definition) is 1. The fraction of sp³-hybridized carbons (Fsp3) is 0.238. The zero-order chi connectivity index (χ0) is 20.4. The van der Waals surface area contributed by atoms with Crippen molar-refractivity contribution in [3.05, 3.63) is 82.2 Å². The number of aromatic nitrogens is 2. The second kappa shape index (κ2) is 7.75. The second-order valence-corrected chi connectivity index (χ2v) is 6.93. The molecule has 0 radical (unpaired) electrons. The van der Waals surface area contributed by atoms with Crippen LogP contribution in [0.15, 0.2) is 64.0 Å². The standard InChI is InChI=1S/C21H20N4O4/c1-14-11-15-5-2-3-7-18(15)25(14)21(28)17-8-9-20(27)24(23-17)13-19(26)22-12-16-6-4-10-29-16/h2-10,14H,11-13H2,1H3,(H,22,26)/t14-/m0/s1. The van der Waals surface area contributed by atoms with Crippen LogP contribution in [0.1, 0.15) is 28.7 Å². The molecule has 0 spiro atoms. The van der Waals surface area contributed by atoms with Crippen molar-refractivity contribution in [3.63, 3.8) is 0 Å². The number of para-hydroxylation sites is 1. The van der Waals surface area contributed by atoms with Crippen molar-refractivity contribution in [2.45, 2.75) is 32.5 Å². The Balaban J connectivity index is 1.51. The fourth-order valence-corrected chi connectivity index (χ4v) is 3.47. The lowest BCUT2D eigenvalue weighted by molar-refractivity contribution is -0.122. The molecule has 0 fully saturated rings. The van der Waals surface area contributed by atoms with Crippen LogP contribution in [0.2, 0.25) is 0 Å². The van der Waals surface area contributed by atoms with Crippen LogP contribution in [0.3, 0.4) is 0 Å². The van der Waals surface area contributed by atoms with E-state index in [2.05, 4.69) is 10.4 Å². The average molecular weight is 392 g/mol. The molecule has 2 aromatic heterocycles. The zero-order valence-electron chi connectivity index (χ0n) is 15.9. The fourth-order valence-electron chi connectivity index (χ4n) is 3.47. The Labute approximate surface area is 166 Å². The molecule has 0 saturated carbocycles. The van der Waals surface area contributed by atoms with Gasteiger partial charge in [0, 0.05) is 17.8 Å². The van der Waals surface area contributed by atoms with Crippen molar-refractivity contribution in [1.82, 2.24) is 15.1 Å². The number of hydrogen-bond acceptors (Lipinski definition) is 5. The molecular weight excluding hydrogens is 372 g/mol. The lowest BCUT2D eigenvalue weighted by Gasteiger charge is -2.22. The van der Waals surface area contributed by atoms with E-state index in [0.29, 0.717) is 5.76 Å². The van der Waals surface area contributed by atoms with Gasteiger partial charge >= 0.3 is 0 Å². The van der Waals surface area contributed by atoms with Crippen LogP contribution in [0.25, 0.3) is 0 Å². The van der Waals surface area contributed by atoms with Gasteiger partial charge in [0.1, 0.15) is 18.0 Å². The van der Waals surface area contributed by atoms with Gasteiger partial charge in [-0.2, -0.15) is 5.10 Å². The molecule has 1 aliphatic heterocycles. The number of rotatable bonds is 5. The summed E-state index contributed by atoms with van der Waals surface area (Å²) < 4.78 is 6.15. The van der Waals surface area contributed by atoms with Crippen molar-refractivity contribution in [1.29, 1.82) is 0 Å². The number of benzene rings is 1. The summed E-state index contributed by atoms with van der Waals surface area (Å²) in [7, 11) is 0. The third-order valence-electron chi connectivity index (χ3n) is 4.85. The SMILES string of the molecule is C[C@H]1Cc2ccccc2N1C(=O)c1ccc(=O)n(CC(=O)NCc2ccco2)n1. The summed E-state index contributed by atoms with van der Waals surface area (Å²) in [4.78, 5) is 39.1. The number of carbonyl (C=O) groups excluding carboxylic acids is 2. The molecule has 8 nitrogen and oxygen atoms in total. The van der Waals surface area contributed by atoms with Gasteiger partial charge in [-0.05, 0) is 43.2 Å². The molecule has 29 heavy (non-hydrogen) atoms. The molecule has 3 heterocycles. The molecular formula is C21H20N4O4. The van der Waals surface area contributed by atoms with E-state index in [4.69, 9.17) is 4.42 Å². The lowest BCUT2D eigenvalue weighted by atomic mass is 10.1. The van der Waals surface area contributed by atoms with Gasteiger partial charge in [0.05, 0.1) is 12.8 Å². The van der Waals surface area contributed by atoms with Gasteiger partial charge < -0.3 is 14.6 Å². The Morgan fingerprint density at radius 3 is 2.79 bits per heavy atom. The van der Waals surface area contributed by atoms with Gasteiger partial charge in [0.2, 0.25) is 5.91 Å². The van der Waals surface area contributed by atoms with Crippen molar-refractivity contribution in [3.8, 4) is 0 Å². The van der Waals surface area contributed by atoms with E-state index in [9.17, 15) is 14.4 Å². The van der Waals surface area contributed by atoms with Crippen LogP contribution < -0.4 is 15.8 Å². The normalized spacial score (nSPS) is 15.2. The Bertz CT molecular complexity index is 1100. The molecule has 1 atom stereocenters. The highest BCUT2D eigenvalue weighted by atomic mass is 16.3. The van der Waals surface area contributed by atoms with E-state index in [1.165, 1.54) is 18.4 Å². The maximum absolute atomic E-state index is 13.1. The Kier molecular flexibility index (Phi) is 4.99. The van der Waals surface area contributed by atoms with E-state index in [1.807, 2.05) is 31.2 Å². The summed E-state index contributed by atoms with van der Waals surface area (Å²) in [5.41, 5.74) is 1.61. The molecule has 8 heteroatoms. The van der Waals surface area contributed by atoms with Crippen LogP contribution in [0, 0.1) is 0 Å². The molecule has 4 rings (SSSR count). The van der Waals surface area contributed by atoms with Gasteiger partial charge in [-0.15, -0.1) is 0 Å². The van der Waals surface area contributed by atoms with Gasteiger partial charge in [-0.3, -0.25) is 14.4 Å². The highest BCUT2D eigenvalue weighted by Gasteiger charge is 2.32. The summed E-state index contributed by atoms with van der Waals surface area (Å²) in [5.74, 6) is -0.100. The summed E-state index contributed by atoms with van der Waals surface area (Å²) in [6.45, 7) is 1.89. The number of nitrogens with zero attached hydrogens (tertiary/aromatic N) is 3. The van der Waals surface area contributed by atoms with Crippen LogP contribution in [0.4, 0.5) is 5.69 Å². The van der Waals surface area contributed by atoms with Crippen LogP contribution in [-0.4, -0.2) is 27.6 Å². The number of carbonyl (C=O) groups is 2.